The number of nitrogens with zero attached hydrogens (tertiary/aromatic N) is 1. The number of hydrogen-bond acceptors (Lipinski definition) is 2. The molecule has 0 unspecified atom stereocenters. The predicted octanol–water partition coefficient (Wildman–Crippen LogP) is 2.88. The lowest BCUT2D eigenvalue weighted by Gasteiger charge is -1.86. The zero-order valence-corrected chi connectivity index (χ0v) is 9.26. The van der Waals surface area contributed by atoms with Crippen LogP contribution in [0.2, 0.25) is 0 Å². The van der Waals surface area contributed by atoms with Crippen LogP contribution >= 0.6 is 0 Å². The quantitative estimate of drug-likeness (QED) is 0.573. The van der Waals surface area contributed by atoms with E-state index in [1.54, 1.807) is 6.92 Å². The molecule has 0 aliphatic carbocycles. The van der Waals surface area contributed by atoms with Crippen molar-refractivity contribution in [2.24, 2.45) is 4.99 Å². The molecule has 1 aliphatic heterocycles. The van der Waals surface area contributed by atoms with Gasteiger partial charge < -0.3 is 4.74 Å². The third-order valence-corrected chi connectivity index (χ3v) is 1.24. The van der Waals surface area contributed by atoms with Crippen LogP contribution in [0.15, 0.2) is 4.99 Å². The zero-order valence-electron chi connectivity index (χ0n) is 9.26. The molecule has 0 N–H and O–H groups in total. The molecule has 0 spiro atoms. The second-order valence-corrected chi connectivity index (χ2v) is 2.54. The standard InChI is InChI=1S/C4H7NO.C4H10.C3H4/c1-4-5-2-3-6-4;1-3-4-2;1-3-2/h2-3H2,1H3;3-4H2,1-2H3;1H,2H3. The van der Waals surface area contributed by atoms with E-state index < -0.39 is 0 Å². The van der Waals surface area contributed by atoms with Gasteiger partial charge in [0.25, 0.3) is 0 Å². The Morgan fingerprint density at radius 3 is 2.00 bits per heavy atom. The highest BCUT2D eigenvalue weighted by Gasteiger charge is 1.96. The van der Waals surface area contributed by atoms with Gasteiger partial charge in [-0.3, -0.25) is 4.99 Å². The Kier molecular flexibility index (Phi) is 15.2. The Balaban J connectivity index is 0. The van der Waals surface area contributed by atoms with E-state index in [-0.39, 0.29) is 0 Å². The van der Waals surface area contributed by atoms with Crippen LogP contribution in [-0.2, 0) is 4.74 Å². The van der Waals surface area contributed by atoms with Gasteiger partial charge in [0.1, 0.15) is 6.61 Å². The Hall–Kier alpha value is -0.970. The lowest BCUT2D eigenvalue weighted by atomic mass is 10.4. The molecule has 0 saturated heterocycles. The molecule has 0 aromatic rings. The van der Waals surface area contributed by atoms with Gasteiger partial charge >= 0.3 is 0 Å². The van der Waals surface area contributed by atoms with Gasteiger partial charge in [-0.15, -0.1) is 12.3 Å². The fourth-order valence-electron chi connectivity index (χ4n) is 0.442. The van der Waals surface area contributed by atoms with E-state index in [1.165, 1.54) is 12.8 Å². The summed E-state index contributed by atoms with van der Waals surface area (Å²) in [4.78, 5) is 3.93. The molecule has 2 nitrogen and oxygen atoms in total. The summed E-state index contributed by atoms with van der Waals surface area (Å²) in [7, 11) is 0. The number of unbranched alkanes of at least 4 members (excludes halogenated alkanes) is 1. The van der Waals surface area contributed by atoms with Gasteiger partial charge in [-0.1, -0.05) is 26.7 Å². The van der Waals surface area contributed by atoms with Crippen molar-refractivity contribution in [2.45, 2.75) is 40.5 Å². The number of aliphatic imine (C=N–C) groups is 1. The molecule has 0 amide bonds. The molecule has 0 atom stereocenters. The first kappa shape index (κ1) is 14.5. The van der Waals surface area contributed by atoms with E-state index in [0.717, 1.165) is 19.0 Å². The molecule has 0 aromatic heterocycles. The third-order valence-electron chi connectivity index (χ3n) is 1.24. The van der Waals surface area contributed by atoms with Gasteiger partial charge in [0.05, 0.1) is 6.54 Å². The highest BCUT2D eigenvalue weighted by Crippen LogP contribution is 1.89. The first-order chi connectivity index (χ1) is 6.22. The Morgan fingerprint density at radius 1 is 1.46 bits per heavy atom. The van der Waals surface area contributed by atoms with E-state index in [9.17, 15) is 0 Å². The summed E-state index contributed by atoms with van der Waals surface area (Å²) in [5, 5.41) is 0. The number of rotatable bonds is 1. The van der Waals surface area contributed by atoms with Crippen LogP contribution in [0.25, 0.3) is 0 Å². The fraction of sp³-hybridized carbons (Fsp3) is 0.727. The van der Waals surface area contributed by atoms with Gasteiger partial charge in [0, 0.05) is 6.92 Å². The SMILES string of the molecule is C#CC.CC1=NCCO1.CCCC. The molecule has 76 valence electrons. The van der Waals surface area contributed by atoms with Crippen LogP contribution in [0.5, 0.6) is 0 Å². The second kappa shape index (κ2) is 13.6. The smallest absolute Gasteiger partial charge is 0.180 e. The van der Waals surface area contributed by atoms with E-state index in [1.807, 2.05) is 6.92 Å². The fourth-order valence-corrected chi connectivity index (χ4v) is 0.442. The van der Waals surface area contributed by atoms with Crippen molar-refractivity contribution in [1.29, 1.82) is 0 Å². The molecule has 0 aromatic carbocycles. The minimum atomic E-state index is 0.784. The first-order valence-electron chi connectivity index (χ1n) is 4.74. The van der Waals surface area contributed by atoms with Crippen LogP contribution in [-0.4, -0.2) is 19.0 Å². The molecule has 2 heteroatoms. The normalized spacial score (nSPS) is 12.1. The molecule has 1 heterocycles. The molecule has 0 fully saturated rings. The molecular formula is C11H21NO. The summed E-state index contributed by atoms with van der Waals surface area (Å²) in [6.45, 7) is 9.52. The second-order valence-electron chi connectivity index (χ2n) is 2.54. The van der Waals surface area contributed by atoms with Crippen molar-refractivity contribution in [3.8, 4) is 12.3 Å². The minimum absolute atomic E-state index is 0.784. The van der Waals surface area contributed by atoms with E-state index in [0.29, 0.717) is 0 Å². The molecular weight excluding hydrogens is 162 g/mol. The maximum absolute atomic E-state index is 4.90. The summed E-state index contributed by atoms with van der Waals surface area (Å²) in [6, 6.07) is 0. The predicted molar refractivity (Wildman–Crippen MR) is 59.0 cm³/mol. The Labute approximate surface area is 82.4 Å². The molecule has 1 rings (SSSR count). The highest BCUT2D eigenvalue weighted by atomic mass is 16.5. The third kappa shape index (κ3) is 18.2. The van der Waals surface area contributed by atoms with Crippen LogP contribution in [0.1, 0.15) is 40.5 Å². The van der Waals surface area contributed by atoms with Gasteiger partial charge in [0.15, 0.2) is 5.90 Å². The van der Waals surface area contributed by atoms with Crippen LogP contribution < -0.4 is 0 Å². The van der Waals surface area contributed by atoms with Crippen LogP contribution in [0.4, 0.5) is 0 Å². The van der Waals surface area contributed by atoms with Crippen molar-refractivity contribution in [2.75, 3.05) is 13.2 Å². The van der Waals surface area contributed by atoms with Gasteiger partial charge in [-0.05, 0) is 6.92 Å². The lowest BCUT2D eigenvalue weighted by Crippen LogP contribution is -1.89. The Bertz CT molecular complexity index is 154. The number of hydrogen-bond donors (Lipinski definition) is 0. The summed E-state index contributed by atoms with van der Waals surface area (Å²) in [5.74, 6) is 3.08. The van der Waals surface area contributed by atoms with Crippen molar-refractivity contribution in [1.82, 2.24) is 0 Å². The highest BCUT2D eigenvalue weighted by molar-refractivity contribution is 5.74. The molecule has 13 heavy (non-hydrogen) atoms. The molecule has 0 radical (unpaired) electrons. The maximum atomic E-state index is 4.90. The minimum Gasteiger partial charge on any atom is -0.479 e. The average molecular weight is 183 g/mol. The van der Waals surface area contributed by atoms with Crippen molar-refractivity contribution >= 4 is 5.90 Å². The zero-order chi connectivity index (χ0) is 10.5. The van der Waals surface area contributed by atoms with E-state index in [4.69, 9.17) is 4.74 Å². The first-order valence-corrected chi connectivity index (χ1v) is 4.74. The lowest BCUT2D eigenvalue weighted by molar-refractivity contribution is 0.345. The van der Waals surface area contributed by atoms with E-state index in [2.05, 4.69) is 31.2 Å². The van der Waals surface area contributed by atoms with Crippen molar-refractivity contribution in [3.63, 3.8) is 0 Å². The molecule has 1 aliphatic rings. The number of terminal acetylenes is 1. The topological polar surface area (TPSA) is 21.6 Å². The summed E-state index contributed by atoms with van der Waals surface area (Å²) < 4.78 is 4.90. The summed E-state index contributed by atoms with van der Waals surface area (Å²) >= 11 is 0. The van der Waals surface area contributed by atoms with Gasteiger partial charge in [0.2, 0.25) is 0 Å². The van der Waals surface area contributed by atoms with Gasteiger partial charge in [-0.2, -0.15) is 0 Å². The monoisotopic (exact) mass is 183 g/mol. The molecule has 0 saturated carbocycles. The van der Waals surface area contributed by atoms with Gasteiger partial charge in [-0.25, -0.2) is 0 Å². The average Bonchev–Trinajstić information content (AvgIpc) is 2.58. The molecule has 0 bridgehead atoms. The Morgan fingerprint density at radius 2 is 1.92 bits per heavy atom. The summed E-state index contributed by atoms with van der Waals surface area (Å²) in [5.41, 5.74) is 0. The van der Waals surface area contributed by atoms with Crippen LogP contribution in [0, 0.1) is 12.3 Å². The van der Waals surface area contributed by atoms with E-state index >= 15 is 0 Å². The summed E-state index contributed by atoms with van der Waals surface area (Å²) in [6.07, 6.45) is 7.24. The van der Waals surface area contributed by atoms with Crippen molar-refractivity contribution in [3.05, 3.63) is 0 Å². The van der Waals surface area contributed by atoms with Crippen molar-refractivity contribution < 1.29 is 4.74 Å². The van der Waals surface area contributed by atoms with Crippen LogP contribution in [0.3, 0.4) is 0 Å². The number of ether oxygens (including phenoxy) is 1. The largest absolute Gasteiger partial charge is 0.479 e. The maximum Gasteiger partial charge on any atom is 0.180 e.